The fourth-order valence-corrected chi connectivity index (χ4v) is 3.26. The van der Waals surface area contributed by atoms with Crippen LogP contribution >= 0.6 is 0 Å². The van der Waals surface area contributed by atoms with Crippen LogP contribution in [0.4, 0.5) is 8.78 Å². The Kier molecular flexibility index (Phi) is 2.89. The molecule has 0 aromatic carbocycles. The molecule has 0 bridgehead atoms. The fraction of sp³-hybridized carbons (Fsp3) is 0.600. The van der Waals surface area contributed by atoms with Gasteiger partial charge in [0.15, 0.2) is 0 Å². The van der Waals surface area contributed by atoms with Crippen LogP contribution in [0.2, 0.25) is 0 Å². The number of rotatable bonds is 3. The Balaban J connectivity index is 2.07. The predicted molar refractivity (Wildman–Crippen MR) is 56.5 cm³/mol. The maximum absolute atomic E-state index is 12.6. The largest absolute Gasteiger partial charge is 0.248 e. The maximum Gasteiger partial charge on any atom is 0.248 e. The smallest absolute Gasteiger partial charge is 0.227 e. The summed E-state index contributed by atoms with van der Waals surface area (Å²) in [4.78, 5) is 7.42. The van der Waals surface area contributed by atoms with Gasteiger partial charge in [-0.1, -0.05) is 0 Å². The van der Waals surface area contributed by atoms with Gasteiger partial charge in [-0.25, -0.2) is 27.2 Å². The molecule has 1 heterocycles. The van der Waals surface area contributed by atoms with E-state index >= 15 is 0 Å². The molecule has 0 N–H and O–H groups in total. The predicted octanol–water partition coefficient (Wildman–Crippen LogP) is 1.60. The van der Waals surface area contributed by atoms with E-state index in [0.717, 1.165) is 5.56 Å². The second kappa shape index (κ2) is 3.97. The molecule has 1 aliphatic rings. The van der Waals surface area contributed by atoms with Crippen molar-refractivity contribution in [2.45, 2.75) is 30.8 Å². The molecule has 1 saturated carbocycles. The fourth-order valence-electron chi connectivity index (χ4n) is 1.83. The summed E-state index contributed by atoms with van der Waals surface area (Å²) >= 11 is 0. The molecule has 2 rings (SSSR count). The first-order chi connectivity index (χ1) is 7.78. The molecule has 7 heteroatoms. The summed E-state index contributed by atoms with van der Waals surface area (Å²) in [7, 11) is -3.64. The van der Waals surface area contributed by atoms with E-state index in [4.69, 9.17) is 0 Å². The SMILES string of the molecule is Cc1cnc(S(=O)(=O)CC2CC(F)(F)C2)nc1. The van der Waals surface area contributed by atoms with Crippen molar-refractivity contribution in [2.75, 3.05) is 5.75 Å². The summed E-state index contributed by atoms with van der Waals surface area (Å²) in [5.74, 6) is -3.49. The molecule has 4 nitrogen and oxygen atoms in total. The van der Waals surface area contributed by atoms with Crippen LogP contribution in [-0.4, -0.2) is 30.1 Å². The second-order valence-electron chi connectivity index (χ2n) is 4.45. The first kappa shape index (κ1) is 12.3. The van der Waals surface area contributed by atoms with Gasteiger partial charge in [0.05, 0.1) is 5.75 Å². The molecular formula is C10H12F2N2O2S. The third kappa shape index (κ3) is 2.77. The lowest BCUT2D eigenvalue weighted by Crippen LogP contribution is -2.39. The number of aryl methyl sites for hydroxylation is 1. The molecule has 0 saturated heterocycles. The van der Waals surface area contributed by atoms with Crippen LogP contribution < -0.4 is 0 Å². The standard InChI is InChI=1S/C10H12F2N2O2S/c1-7-4-13-9(14-5-7)17(15,16)6-8-2-10(11,12)3-8/h4-5,8H,2-3,6H2,1H3. The van der Waals surface area contributed by atoms with Crippen molar-refractivity contribution in [2.24, 2.45) is 5.92 Å². The minimum absolute atomic E-state index is 0.279. The molecule has 0 aliphatic heterocycles. The van der Waals surface area contributed by atoms with Crippen LogP contribution in [0.1, 0.15) is 18.4 Å². The van der Waals surface area contributed by atoms with Gasteiger partial charge in [-0.15, -0.1) is 0 Å². The third-order valence-corrected chi connectivity index (χ3v) is 4.34. The summed E-state index contributed by atoms with van der Waals surface area (Å²) in [6.07, 6.45) is 2.07. The van der Waals surface area contributed by atoms with Crippen molar-refractivity contribution < 1.29 is 17.2 Å². The summed E-state index contributed by atoms with van der Waals surface area (Å²) in [5.41, 5.74) is 0.749. The number of aromatic nitrogens is 2. The summed E-state index contributed by atoms with van der Waals surface area (Å²) in [6.45, 7) is 1.74. The Morgan fingerprint density at radius 1 is 1.35 bits per heavy atom. The summed E-state index contributed by atoms with van der Waals surface area (Å²) in [5, 5.41) is -0.279. The van der Waals surface area contributed by atoms with Gasteiger partial charge in [-0.3, -0.25) is 0 Å². The molecule has 0 radical (unpaired) electrons. The van der Waals surface area contributed by atoms with E-state index in [1.54, 1.807) is 6.92 Å². The number of hydrogen-bond acceptors (Lipinski definition) is 4. The van der Waals surface area contributed by atoms with Crippen molar-refractivity contribution in [1.82, 2.24) is 9.97 Å². The normalized spacial score (nSPS) is 19.9. The number of sulfone groups is 1. The molecule has 1 fully saturated rings. The Morgan fingerprint density at radius 3 is 2.35 bits per heavy atom. The van der Waals surface area contributed by atoms with Gasteiger partial charge in [0, 0.05) is 25.2 Å². The Morgan fingerprint density at radius 2 is 1.88 bits per heavy atom. The highest BCUT2D eigenvalue weighted by Gasteiger charge is 2.47. The molecule has 17 heavy (non-hydrogen) atoms. The van der Waals surface area contributed by atoms with Crippen LogP contribution in [0.5, 0.6) is 0 Å². The highest BCUT2D eigenvalue weighted by Crippen LogP contribution is 2.43. The lowest BCUT2D eigenvalue weighted by Gasteiger charge is -2.34. The second-order valence-corrected chi connectivity index (χ2v) is 6.38. The van der Waals surface area contributed by atoms with E-state index in [9.17, 15) is 17.2 Å². The van der Waals surface area contributed by atoms with E-state index in [1.807, 2.05) is 0 Å². The van der Waals surface area contributed by atoms with Crippen molar-refractivity contribution in [3.8, 4) is 0 Å². The molecule has 0 spiro atoms. The molecule has 0 amide bonds. The molecule has 1 aliphatic carbocycles. The maximum atomic E-state index is 12.6. The van der Waals surface area contributed by atoms with Crippen LogP contribution in [-0.2, 0) is 9.84 Å². The molecule has 94 valence electrons. The number of halogens is 2. The molecular weight excluding hydrogens is 250 g/mol. The summed E-state index contributed by atoms with van der Waals surface area (Å²) < 4.78 is 48.8. The van der Waals surface area contributed by atoms with E-state index < -0.39 is 21.7 Å². The zero-order valence-corrected chi connectivity index (χ0v) is 10.0. The molecule has 0 atom stereocenters. The average molecular weight is 262 g/mol. The highest BCUT2D eigenvalue weighted by atomic mass is 32.2. The van der Waals surface area contributed by atoms with Gasteiger partial charge in [0.25, 0.3) is 0 Å². The topological polar surface area (TPSA) is 59.9 Å². The highest BCUT2D eigenvalue weighted by molar-refractivity contribution is 7.91. The minimum Gasteiger partial charge on any atom is -0.227 e. The van der Waals surface area contributed by atoms with Gasteiger partial charge < -0.3 is 0 Å². The van der Waals surface area contributed by atoms with Crippen LogP contribution in [0.15, 0.2) is 17.6 Å². The third-order valence-electron chi connectivity index (χ3n) is 2.67. The van der Waals surface area contributed by atoms with Gasteiger partial charge in [-0.2, -0.15) is 0 Å². The first-order valence-electron chi connectivity index (χ1n) is 5.18. The van der Waals surface area contributed by atoms with Gasteiger partial charge in [0.1, 0.15) is 0 Å². The van der Waals surface area contributed by atoms with E-state index in [2.05, 4.69) is 9.97 Å². The van der Waals surface area contributed by atoms with Gasteiger partial charge in [0.2, 0.25) is 20.9 Å². The quantitative estimate of drug-likeness (QED) is 0.776. The number of hydrogen-bond donors (Lipinski definition) is 0. The van der Waals surface area contributed by atoms with E-state index in [-0.39, 0.29) is 23.8 Å². The first-order valence-corrected chi connectivity index (χ1v) is 6.83. The van der Waals surface area contributed by atoms with Crippen LogP contribution in [0, 0.1) is 12.8 Å². The molecule has 1 aromatic rings. The Bertz CT molecular complexity index is 506. The van der Waals surface area contributed by atoms with Gasteiger partial charge >= 0.3 is 0 Å². The number of alkyl halides is 2. The summed E-state index contributed by atoms with van der Waals surface area (Å²) in [6, 6.07) is 0. The van der Waals surface area contributed by atoms with E-state index in [1.165, 1.54) is 12.4 Å². The van der Waals surface area contributed by atoms with Crippen molar-refractivity contribution >= 4 is 9.84 Å². The molecule has 1 aromatic heterocycles. The monoisotopic (exact) mass is 262 g/mol. The van der Waals surface area contributed by atoms with E-state index in [0.29, 0.717) is 0 Å². The Hall–Kier alpha value is -1.11. The van der Waals surface area contributed by atoms with Crippen molar-refractivity contribution in [3.63, 3.8) is 0 Å². The van der Waals surface area contributed by atoms with Crippen LogP contribution in [0.3, 0.4) is 0 Å². The van der Waals surface area contributed by atoms with Crippen LogP contribution in [0.25, 0.3) is 0 Å². The molecule has 0 unspecified atom stereocenters. The lowest BCUT2D eigenvalue weighted by atomic mass is 9.83. The van der Waals surface area contributed by atoms with Crippen molar-refractivity contribution in [3.05, 3.63) is 18.0 Å². The minimum atomic E-state index is -3.64. The Labute approximate surface area is 98.0 Å². The lowest BCUT2D eigenvalue weighted by molar-refractivity contribution is -0.103. The zero-order chi connectivity index (χ0) is 12.7. The average Bonchev–Trinajstić information content (AvgIpc) is 2.14. The van der Waals surface area contributed by atoms with Gasteiger partial charge in [-0.05, 0) is 18.4 Å². The zero-order valence-electron chi connectivity index (χ0n) is 9.23. The number of nitrogens with zero attached hydrogens (tertiary/aromatic N) is 2. The van der Waals surface area contributed by atoms with Crippen molar-refractivity contribution in [1.29, 1.82) is 0 Å².